The van der Waals surface area contributed by atoms with Gasteiger partial charge in [0.05, 0.1) is 18.2 Å². The SMILES string of the molecule is CC(N)C(c1cccs1)N1C[C@@H](C)O[C@@H](C)C1. The third-order valence-electron chi connectivity index (χ3n) is 3.17. The van der Waals surface area contributed by atoms with Gasteiger partial charge in [0.15, 0.2) is 0 Å². The van der Waals surface area contributed by atoms with Crippen LogP contribution in [0.5, 0.6) is 0 Å². The van der Waals surface area contributed by atoms with E-state index in [0.29, 0.717) is 18.2 Å². The molecule has 1 saturated heterocycles. The van der Waals surface area contributed by atoms with Gasteiger partial charge in [0, 0.05) is 24.0 Å². The molecule has 0 aromatic carbocycles. The molecule has 2 heterocycles. The molecule has 2 N–H and O–H groups in total. The predicted octanol–water partition coefficient (Wildman–Crippen LogP) is 2.25. The first-order valence-corrected chi connectivity index (χ1v) is 7.14. The van der Waals surface area contributed by atoms with Crippen LogP contribution in [0, 0.1) is 0 Å². The number of morpholine rings is 1. The fourth-order valence-corrected chi connectivity index (χ4v) is 3.65. The highest BCUT2D eigenvalue weighted by molar-refractivity contribution is 7.10. The van der Waals surface area contributed by atoms with Gasteiger partial charge in [-0.25, -0.2) is 0 Å². The Hall–Kier alpha value is -0.420. The Kier molecular flexibility index (Phi) is 4.20. The Morgan fingerprint density at radius 2 is 2.06 bits per heavy atom. The van der Waals surface area contributed by atoms with Gasteiger partial charge in [0.25, 0.3) is 0 Å². The molecule has 0 radical (unpaired) electrons. The van der Waals surface area contributed by atoms with Crippen LogP contribution in [0.1, 0.15) is 31.7 Å². The lowest BCUT2D eigenvalue weighted by Gasteiger charge is -2.41. The summed E-state index contributed by atoms with van der Waals surface area (Å²) in [5.41, 5.74) is 6.17. The highest BCUT2D eigenvalue weighted by Crippen LogP contribution is 2.29. The van der Waals surface area contributed by atoms with Gasteiger partial charge in [-0.1, -0.05) is 6.07 Å². The molecule has 1 aliphatic rings. The van der Waals surface area contributed by atoms with Crippen molar-refractivity contribution in [2.75, 3.05) is 13.1 Å². The third-order valence-corrected chi connectivity index (χ3v) is 4.12. The van der Waals surface area contributed by atoms with Gasteiger partial charge in [0.2, 0.25) is 0 Å². The molecule has 2 unspecified atom stereocenters. The van der Waals surface area contributed by atoms with Crippen molar-refractivity contribution < 1.29 is 4.74 Å². The van der Waals surface area contributed by atoms with Crippen molar-refractivity contribution in [3.05, 3.63) is 22.4 Å². The van der Waals surface area contributed by atoms with E-state index < -0.39 is 0 Å². The molecule has 1 aliphatic heterocycles. The lowest BCUT2D eigenvalue weighted by Crippen LogP contribution is -2.50. The number of nitrogens with two attached hydrogens (primary N) is 1. The van der Waals surface area contributed by atoms with Crippen molar-refractivity contribution >= 4 is 11.3 Å². The van der Waals surface area contributed by atoms with E-state index in [0.717, 1.165) is 13.1 Å². The van der Waals surface area contributed by atoms with Gasteiger partial charge in [-0.05, 0) is 32.2 Å². The molecule has 0 saturated carbocycles. The van der Waals surface area contributed by atoms with Crippen molar-refractivity contribution in [3.63, 3.8) is 0 Å². The van der Waals surface area contributed by atoms with Crippen LogP contribution >= 0.6 is 11.3 Å². The summed E-state index contributed by atoms with van der Waals surface area (Å²) >= 11 is 1.79. The maximum absolute atomic E-state index is 6.17. The van der Waals surface area contributed by atoms with Crippen molar-refractivity contribution in [2.45, 2.75) is 45.1 Å². The van der Waals surface area contributed by atoms with Crippen LogP contribution in [-0.4, -0.2) is 36.2 Å². The minimum absolute atomic E-state index is 0.145. The van der Waals surface area contributed by atoms with Crippen LogP contribution in [0.3, 0.4) is 0 Å². The molecule has 0 aliphatic carbocycles. The Morgan fingerprint density at radius 1 is 1.41 bits per heavy atom. The van der Waals surface area contributed by atoms with Crippen molar-refractivity contribution in [3.8, 4) is 0 Å². The normalized spacial score (nSPS) is 30.1. The number of thiophene rings is 1. The Morgan fingerprint density at radius 3 is 2.53 bits per heavy atom. The molecule has 4 atom stereocenters. The maximum atomic E-state index is 6.17. The summed E-state index contributed by atoms with van der Waals surface area (Å²) in [5, 5.41) is 2.12. The third kappa shape index (κ3) is 3.07. The summed E-state index contributed by atoms with van der Waals surface area (Å²) in [6, 6.07) is 4.75. The number of nitrogens with zero attached hydrogens (tertiary/aromatic N) is 1. The van der Waals surface area contributed by atoms with E-state index in [4.69, 9.17) is 10.5 Å². The molecule has 1 fully saturated rings. The highest BCUT2D eigenvalue weighted by Gasteiger charge is 2.31. The average molecular weight is 254 g/mol. The zero-order valence-electron chi connectivity index (χ0n) is 10.8. The fraction of sp³-hybridized carbons (Fsp3) is 0.692. The molecule has 0 amide bonds. The monoisotopic (exact) mass is 254 g/mol. The van der Waals surface area contributed by atoms with E-state index in [9.17, 15) is 0 Å². The van der Waals surface area contributed by atoms with Crippen LogP contribution in [-0.2, 0) is 4.74 Å². The number of ether oxygens (including phenoxy) is 1. The van der Waals surface area contributed by atoms with Gasteiger partial charge in [-0.2, -0.15) is 0 Å². The smallest absolute Gasteiger partial charge is 0.0678 e. The van der Waals surface area contributed by atoms with E-state index in [2.05, 4.69) is 43.2 Å². The molecular weight excluding hydrogens is 232 g/mol. The molecule has 96 valence electrons. The lowest BCUT2D eigenvalue weighted by atomic mass is 10.0. The number of hydrogen-bond acceptors (Lipinski definition) is 4. The molecular formula is C13H22N2OS. The molecule has 2 rings (SSSR count). The molecule has 1 aromatic rings. The fourth-order valence-electron chi connectivity index (χ4n) is 2.68. The van der Waals surface area contributed by atoms with Crippen LogP contribution in [0.4, 0.5) is 0 Å². The largest absolute Gasteiger partial charge is 0.373 e. The highest BCUT2D eigenvalue weighted by atomic mass is 32.1. The predicted molar refractivity (Wildman–Crippen MR) is 72.3 cm³/mol. The Bertz CT molecular complexity index is 329. The summed E-state index contributed by atoms with van der Waals surface area (Å²) in [5.74, 6) is 0. The van der Waals surface area contributed by atoms with Crippen molar-refractivity contribution in [1.82, 2.24) is 4.90 Å². The van der Waals surface area contributed by atoms with Crippen LogP contribution in [0.2, 0.25) is 0 Å². The second-order valence-corrected chi connectivity index (χ2v) is 6.01. The minimum Gasteiger partial charge on any atom is -0.373 e. The van der Waals surface area contributed by atoms with E-state index in [1.807, 2.05) is 0 Å². The topological polar surface area (TPSA) is 38.5 Å². The van der Waals surface area contributed by atoms with Gasteiger partial charge >= 0.3 is 0 Å². The second-order valence-electron chi connectivity index (χ2n) is 5.03. The second kappa shape index (κ2) is 5.48. The number of hydrogen-bond donors (Lipinski definition) is 1. The van der Waals surface area contributed by atoms with E-state index in [-0.39, 0.29) is 6.04 Å². The van der Waals surface area contributed by atoms with Gasteiger partial charge in [-0.3, -0.25) is 4.90 Å². The van der Waals surface area contributed by atoms with E-state index >= 15 is 0 Å². The first kappa shape index (κ1) is 13.0. The molecule has 17 heavy (non-hydrogen) atoms. The average Bonchev–Trinajstić information content (AvgIpc) is 2.68. The quantitative estimate of drug-likeness (QED) is 0.899. The van der Waals surface area contributed by atoms with Gasteiger partial charge < -0.3 is 10.5 Å². The summed E-state index contributed by atoms with van der Waals surface area (Å²) in [6.45, 7) is 8.29. The summed E-state index contributed by atoms with van der Waals surface area (Å²) in [6.07, 6.45) is 0.583. The van der Waals surface area contributed by atoms with Crippen molar-refractivity contribution in [1.29, 1.82) is 0 Å². The van der Waals surface area contributed by atoms with Gasteiger partial charge in [0.1, 0.15) is 0 Å². The zero-order chi connectivity index (χ0) is 12.4. The standard InChI is InChI=1S/C13H22N2OS/c1-9-7-15(8-10(2)16-9)13(11(3)14)12-5-4-6-17-12/h4-6,9-11,13H,7-8,14H2,1-3H3/t9-,10+,11?,13?. The first-order chi connectivity index (χ1) is 8.08. The molecule has 0 bridgehead atoms. The zero-order valence-corrected chi connectivity index (χ0v) is 11.6. The Balaban J connectivity index is 2.16. The van der Waals surface area contributed by atoms with Gasteiger partial charge in [-0.15, -0.1) is 11.3 Å². The summed E-state index contributed by atoms with van der Waals surface area (Å²) in [7, 11) is 0. The molecule has 0 spiro atoms. The molecule has 4 heteroatoms. The van der Waals surface area contributed by atoms with Crippen LogP contribution in [0.25, 0.3) is 0 Å². The van der Waals surface area contributed by atoms with Crippen LogP contribution < -0.4 is 5.73 Å². The van der Waals surface area contributed by atoms with Crippen molar-refractivity contribution in [2.24, 2.45) is 5.73 Å². The number of rotatable bonds is 3. The lowest BCUT2D eigenvalue weighted by molar-refractivity contribution is -0.0827. The summed E-state index contributed by atoms with van der Waals surface area (Å²) in [4.78, 5) is 3.83. The minimum atomic E-state index is 0.145. The molecule has 1 aromatic heterocycles. The van der Waals surface area contributed by atoms with E-state index in [1.165, 1.54) is 4.88 Å². The van der Waals surface area contributed by atoms with Crippen LogP contribution in [0.15, 0.2) is 17.5 Å². The van der Waals surface area contributed by atoms with E-state index in [1.54, 1.807) is 11.3 Å². The first-order valence-electron chi connectivity index (χ1n) is 6.26. The Labute approximate surface area is 108 Å². The summed E-state index contributed by atoms with van der Waals surface area (Å²) < 4.78 is 5.78. The maximum Gasteiger partial charge on any atom is 0.0678 e. The molecule has 3 nitrogen and oxygen atoms in total.